The second-order valence-electron chi connectivity index (χ2n) is 2.41. The van der Waals surface area contributed by atoms with E-state index in [4.69, 9.17) is 0 Å². The Labute approximate surface area is 71.8 Å². The molecule has 0 rings (SSSR count). The first-order valence-corrected chi connectivity index (χ1v) is 3.57. The summed E-state index contributed by atoms with van der Waals surface area (Å²) in [6, 6.07) is 0. The number of ether oxygens (including phenoxy) is 1. The molecule has 0 radical (unpaired) electrons. The Morgan fingerprint density at radius 3 is 2.50 bits per heavy atom. The van der Waals surface area contributed by atoms with E-state index < -0.39 is 5.97 Å². The van der Waals surface area contributed by atoms with Gasteiger partial charge in [0.1, 0.15) is 6.61 Å². The summed E-state index contributed by atoms with van der Waals surface area (Å²) < 4.78 is 4.61. The summed E-state index contributed by atoms with van der Waals surface area (Å²) in [7, 11) is 3.30. The van der Waals surface area contributed by atoms with E-state index in [1.165, 1.54) is 4.90 Å². The van der Waals surface area contributed by atoms with Gasteiger partial charge in [-0.2, -0.15) is 0 Å². The normalized spacial score (nSPS) is 8.83. The maximum Gasteiger partial charge on any atom is 0.330 e. The minimum Gasteiger partial charge on any atom is -0.462 e. The van der Waals surface area contributed by atoms with E-state index in [2.05, 4.69) is 11.3 Å². The van der Waals surface area contributed by atoms with Crippen molar-refractivity contribution in [2.24, 2.45) is 0 Å². The molecule has 12 heavy (non-hydrogen) atoms. The molecule has 0 saturated carbocycles. The van der Waals surface area contributed by atoms with E-state index in [1.54, 1.807) is 14.1 Å². The van der Waals surface area contributed by atoms with Crippen LogP contribution in [0.15, 0.2) is 12.7 Å². The minimum absolute atomic E-state index is 0.0631. The Bertz CT molecular complexity index is 187. The Hall–Kier alpha value is -1.32. The molecule has 0 aromatic heterocycles. The van der Waals surface area contributed by atoms with Crippen LogP contribution >= 0.6 is 0 Å². The number of nitrogens with zero attached hydrogens (tertiary/aromatic N) is 1. The van der Waals surface area contributed by atoms with Crippen LogP contribution < -0.4 is 0 Å². The summed E-state index contributed by atoms with van der Waals surface area (Å²) in [6.45, 7) is 3.34. The van der Waals surface area contributed by atoms with Crippen molar-refractivity contribution in [1.82, 2.24) is 4.90 Å². The highest BCUT2D eigenvalue weighted by molar-refractivity contribution is 5.81. The Kier molecular flexibility index (Phi) is 4.76. The summed E-state index contributed by atoms with van der Waals surface area (Å²) in [5.41, 5.74) is 0. The highest BCUT2D eigenvalue weighted by Gasteiger charge is 2.04. The lowest BCUT2D eigenvalue weighted by molar-refractivity contribution is -0.139. The molecule has 0 N–H and O–H groups in total. The third kappa shape index (κ3) is 4.49. The Morgan fingerprint density at radius 1 is 1.50 bits per heavy atom. The lowest BCUT2D eigenvalue weighted by Gasteiger charge is -2.09. The van der Waals surface area contributed by atoms with Crippen molar-refractivity contribution in [3.8, 4) is 0 Å². The number of hydrogen-bond acceptors (Lipinski definition) is 3. The van der Waals surface area contributed by atoms with Gasteiger partial charge in [0.05, 0.1) is 6.42 Å². The van der Waals surface area contributed by atoms with Crippen molar-refractivity contribution in [3.05, 3.63) is 12.7 Å². The molecule has 1 amide bonds. The van der Waals surface area contributed by atoms with E-state index in [0.717, 1.165) is 6.08 Å². The first-order chi connectivity index (χ1) is 5.57. The first kappa shape index (κ1) is 10.7. The van der Waals surface area contributed by atoms with Crippen molar-refractivity contribution in [3.63, 3.8) is 0 Å². The molecule has 0 unspecified atom stereocenters. The third-order valence-electron chi connectivity index (χ3n) is 1.23. The van der Waals surface area contributed by atoms with E-state index >= 15 is 0 Å². The largest absolute Gasteiger partial charge is 0.462 e. The van der Waals surface area contributed by atoms with Crippen molar-refractivity contribution < 1.29 is 14.3 Å². The van der Waals surface area contributed by atoms with Crippen LogP contribution in [-0.2, 0) is 14.3 Å². The van der Waals surface area contributed by atoms with E-state index in [0.29, 0.717) is 0 Å². The van der Waals surface area contributed by atoms with Gasteiger partial charge in [-0.25, -0.2) is 4.79 Å². The summed E-state index contributed by atoms with van der Waals surface area (Å²) in [5, 5.41) is 0. The molecule has 0 saturated heterocycles. The first-order valence-electron chi connectivity index (χ1n) is 3.57. The summed E-state index contributed by atoms with van der Waals surface area (Å²) >= 11 is 0. The monoisotopic (exact) mass is 171 g/mol. The lowest BCUT2D eigenvalue weighted by atomic mass is 10.4. The highest BCUT2D eigenvalue weighted by Crippen LogP contribution is 1.89. The standard InChI is InChI=1S/C8H13NO3/c1-4-8(11)12-6-5-7(10)9(2)3/h4H,1,5-6H2,2-3H3. The van der Waals surface area contributed by atoms with E-state index in [-0.39, 0.29) is 18.9 Å². The van der Waals surface area contributed by atoms with Gasteiger partial charge in [-0.3, -0.25) is 4.79 Å². The fourth-order valence-corrected chi connectivity index (χ4v) is 0.521. The average molecular weight is 171 g/mol. The van der Waals surface area contributed by atoms with E-state index in [1.807, 2.05) is 0 Å². The van der Waals surface area contributed by atoms with Gasteiger partial charge in [-0.1, -0.05) is 6.58 Å². The zero-order valence-electron chi connectivity index (χ0n) is 7.37. The quantitative estimate of drug-likeness (QED) is 0.448. The number of hydrogen-bond donors (Lipinski definition) is 0. The van der Waals surface area contributed by atoms with Crippen LogP contribution in [0.1, 0.15) is 6.42 Å². The fourth-order valence-electron chi connectivity index (χ4n) is 0.521. The molecule has 0 bridgehead atoms. The second kappa shape index (κ2) is 5.35. The zero-order valence-corrected chi connectivity index (χ0v) is 7.37. The Balaban J connectivity index is 3.50. The van der Waals surface area contributed by atoms with Gasteiger partial charge in [-0.05, 0) is 0 Å². The summed E-state index contributed by atoms with van der Waals surface area (Å²) in [5.74, 6) is -0.562. The summed E-state index contributed by atoms with van der Waals surface area (Å²) in [6.07, 6.45) is 1.28. The predicted molar refractivity (Wildman–Crippen MR) is 44.5 cm³/mol. The molecule has 0 fully saturated rings. The molecule has 0 atom stereocenters. The van der Waals surface area contributed by atoms with Gasteiger partial charge in [0.2, 0.25) is 5.91 Å². The molecule has 4 heteroatoms. The number of carbonyl (C=O) groups excluding carboxylic acids is 2. The van der Waals surface area contributed by atoms with Crippen molar-refractivity contribution in [2.75, 3.05) is 20.7 Å². The maximum absolute atomic E-state index is 10.9. The van der Waals surface area contributed by atoms with Crippen LogP contribution in [0.3, 0.4) is 0 Å². The lowest BCUT2D eigenvalue weighted by Crippen LogP contribution is -2.23. The topological polar surface area (TPSA) is 46.6 Å². The van der Waals surface area contributed by atoms with Crippen molar-refractivity contribution in [2.45, 2.75) is 6.42 Å². The number of amides is 1. The molecule has 0 aromatic rings. The molecule has 0 aliphatic carbocycles. The molecule has 0 spiro atoms. The van der Waals surface area contributed by atoms with E-state index in [9.17, 15) is 9.59 Å². The van der Waals surface area contributed by atoms with Crippen molar-refractivity contribution in [1.29, 1.82) is 0 Å². The van der Waals surface area contributed by atoms with Crippen LogP contribution in [0.25, 0.3) is 0 Å². The Morgan fingerprint density at radius 2 is 2.08 bits per heavy atom. The fraction of sp³-hybridized carbons (Fsp3) is 0.500. The zero-order chi connectivity index (χ0) is 9.56. The highest BCUT2D eigenvalue weighted by atomic mass is 16.5. The maximum atomic E-state index is 10.9. The van der Waals surface area contributed by atoms with Crippen LogP contribution in [0.2, 0.25) is 0 Å². The number of rotatable bonds is 4. The van der Waals surface area contributed by atoms with Gasteiger partial charge in [0.25, 0.3) is 0 Å². The van der Waals surface area contributed by atoms with Gasteiger partial charge >= 0.3 is 5.97 Å². The molecule has 0 aliphatic rings. The van der Waals surface area contributed by atoms with Crippen LogP contribution in [0, 0.1) is 0 Å². The van der Waals surface area contributed by atoms with Gasteiger partial charge in [0, 0.05) is 20.2 Å². The molecule has 0 aromatic carbocycles. The number of esters is 1. The molecule has 4 nitrogen and oxygen atoms in total. The molecule has 0 aliphatic heterocycles. The average Bonchev–Trinajstić information content (AvgIpc) is 2.03. The summed E-state index contributed by atoms with van der Waals surface area (Å²) in [4.78, 5) is 22.9. The molecule has 68 valence electrons. The molecule has 0 heterocycles. The molecular formula is C8H13NO3. The van der Waals surface area contributed by atoms with Crippen LogP contribution in [0.4, 0.5) is 0 Å². The van der Waals surface area contributed by atoms with Crippen molar-refractivity contribution >= 4 is 11.9 Å². The van der Waals surface area contributed by atoms with Gasteiger partial charge in [-0.15, -0.1) is 0 Å². The smallest absolute Gasteiger partial charge is 0.330 e. The minimum atomic E-state index is -0.499. The van der Waals surface area contributed by atoms with Crippen LogP contribution in [-0.4, -0.2) is 37.5 Å². The third-order valence-corrected chi connectivity index (χ3v) is 1.23. The second-order valence-corrected chi connectivity index (χ2v) is 2.41. The van der Waals surface area contributed by atoms with Gasteiger partial charge in [0.15, 0.2) is 0 Å². The van der Waals surface area contributed by atoms with Crippen LogP contribution in [0.5, 0.6) is 0 Å². The SMILES string of the molecule is C=CC(=O)OCCC(=O)N(C)C. The van der Waals surface area contributed by atoms with Gasteiger partial charge < -0.3 is 9.64 Å². The number of carbonyl (C=O) groups is 2. The molecular weight excluding hydrogens is 158 g/mol. The predicted octanol–water partition coefficient (Wildman–Crippen LogP) is 0.194.